The van der Waals surface area contributed by atoms with Gasteiger partial charge in [0.05, 0.1) is 67.6 Å². The van der Waals surface area contributed by atoms with E-state index < -0.39 is 15.8 Å². The molecule has 0 bridgehead atoms. The summed E-state index contributed by atoms with van der Waals surface area (Å²) in [5.41, 5.74) is -0.140. The summed E-state index contributed by atoms with van der Waals surface area (Å²) >= 11 is 0. The molecule has 0 aromatic heterocycles. The van der Waals surface area contributed by atoms with Gasteiger partial charge < -0.3 is 23.7 Å². The molecule has 1 atom stereocenters. The maximum absolute atomic E-state index is 11.7. The van der Waals surface area contributed by atoms with Gasteiger partial charge in [-0.1, -0.05) is 0 Å². The monoisotopic (exact) mass is 512 g/mol. The fourth-order valence-electron chi connectivity index (χ4n) is 3.56. The van der Waals surface area contributed by atoms with Crippen LogP contribution >= 0.6 is 0 Å². The van der Waals surface area contributed by atoms with Crippen molar-refractivity contribution in [2.75, 3.05) is 21.3 Å². The lowest BCUT2D eigenvalue weighted by molar-refractivity contribution is -0.386. The molecule has 2 aliphatic heterocycles. The van der Waals surface area contributed by atoms with E-state index in [0.29, 0.717) is 5.75 Å². The summed E-state index contributed by atoms with van der Waals surface area (Å²) < 4.78 is 27.4. The SMILES string of the molecule is COc1ccc(COC2(OCc3cc(OC)c(OC)cc3[N+](=O)[O-])N=CN=C3N=CN=C32)c([N+](=O)[O-])c1. The van der Waals surface area contributed by atoms with Crippen molar-refractivity contribution in [3.63, 3.8) is 0 Å². The normalized spacial score (nSPS) is 17.6. The molecule has 0 amide bonds. The minimum Gasteiger partial charge on any atom is -0.497 e. The third kappa shape index (κ3) is 4.98. The van der Waals surface area contributed by atoms with E-state index in [9.17, 15) is 20.2 Å². The number of aliphatic imine (C=N–C) groups is 4. The molecule has 0 fully saturated rings. The number of nitrogens with zero attached hydrogens (tertiary/aromatic N) is 6. The molecule has 15 nitrogen and oxygen atoms in total. The highest BCUT2D eigenvalue weighted by Crippen LogP contribution is 2.36. The number of ether oxygens (including phenoxy) is 5. The minimum absolute atomic E-state index is 0.0781. The van der Waals surface area contributed by atoms with Crippen molar-refractivity contribution in [1.82, 2.24) is 0 Å². The van der Waals surface area contributed by atoms with Gasteiger partial charge in [-0.2, -0.15) is 0 Å². The van der Waals surface area contributed by atoms with Crippen LogP contribution in [0.5, 0.6) is 17.2 Å². The molecule has 1 unspecified atom stereocenters. The topological polar surface area (TPSA) is 182 Å². The molecule has 0 N–H and O–H groups in total. The molecule has 0 radical (unpaired) electrons. The average molecular weight is 512 g/mol. The summed E-state index contributed by atoms with van der Waals surface area (Å²) in [6.07, 6.45) is 2.36. The van der Waals surface area contributed by atoms with E-state index >= 15 is 0 Å². The summed E-state index contributed by atoms with van der Waals surface area (Å²) in [4.78, 5) is 38.6. The van der Waals surface area contributed by atoms with Gasteiger partial charge in [-0.15, -0.1) is 0 Å². The van der Waals surface area contributed by atoms with Crippen LogP contribution in [0.3, 0.4) is 0 Å². The number of nitro benzene ring substituents is 2. The second kappa shape index (κ2) is 10.5. The van der Waals surface area contributed by atoms with Crippen LogP contribution in [0.1, 0.15) is 11.1 Å². The van der Waals surface area contributed by atoms with Gasteiger partial charge in [0.25, 0.3) is 11.4 Å². The lowest BCUT2D eigenvalue weighted by Crippen LogP contribution is -2.47. The van der Waals surface area contributed by atoms with Crippen molar-refractivity contribution < 1.29 is 33.5 Å². The summed E-state index contributed by atoms with van der Waals surface area (Å²) in [5.74, 6) is -1.11. The summed E-state index contributed by atoms with van der Waals surface area (Å²) in [6, 6.07) is 6.87. The first-order chi connectivity index (χ1) is 17.8. The molecule has 0 saturated carbocycles. The van der Waals surface area contributed by atoms with Crippen molar-refractivity contribution >= 4 is 35.6 Å². The zero-order chi connectivity index (χ0) is 26.6. The third-order valence-electron chi connectivity index (χ3n) is 5.40. The summed E-state index contributed by atoms with van der Waals surface area (Å²) in [7, 11) is 4.13. The molecular formula is C22H20N6O9. The van der Waals surface area contributed by atoms with Gasteiger partial charge in [0.2, 0.25) is 0 Å². The Labute approximate surface area is 209 Å². The highest BCUT2D eigenvalue weighted by molar-refractivity contribution is 6.50. The number of amidine groups is 1. The van der Waals surface area contributed by atoms with Crippen LogP contribution < -0.4 is 14.2 Å². The first-order valence-electron chi connectivity index (χ1n) is 10.5. The number of hydrogen-bond acceptors (Lipinski definition) is 13. The molecule has 0 aliphatic carbocycles. The zero-order valence-corrected chi connectivity index (χ0v) is 19.8. The van der Waals surface area contributed by atoms with Gasteiger partial charge in [-0.05, 0) is 18.2 Å². The molecule has 2 aliphatic rings. The van der Waals surface area contributed by atoms with Crippen molar-refractivity contribution in [1.29, 1.82) is 0 Å². The molecular weight excluding hydrogens is 492 g/mol. The molecule has 0 saturated heterocycles. The molecule has 37 heavy (non-hydrogen) atoms. The summed E-state index contributed by atoms with van der Waals surface area (Å²) in [6.45, 7) is -0.719. The Bertz CT molecular complexity index is 1370. The van der Waals surface area contributed by atoms with Crippen molar-refractivity contribution in [2.45, 2.75) is 19.1 Å². The van der Waals surface area contributed by atoms with Gasteiger partial charge in [-0.25, -0.2) is 20.0 Å². The molecule has 2 aromatic carbocycles. The van der Waals surface area contributed by atoms with Crippen LogP contribution in [0, 0.1) is 20.2 Å². The number of methoxy groups -OCH3 is 3. The smallest absolute Gasteiger partial charge is 0.321 e. The summed E-state index contributed by atoms with van der Waals surface area (Å²) in [5, 5.41) is 23.3. The van der Waals surface area contributed by atoms with E-state index in [-0.39, 0.29) is 58.8 Å². The molecule has 15 heteroatoms. The molecule has 2 heterocycles. The van der Waals surface area contributed by atoms with E-state index in [1.807, 2.05) is 0 Å². The lowest BCUT2D eigenvalue weighted by Gasteiger charge is -2.30. The number of rotatable bonds is 11. The Kier molecular flexibility index (Phi) is 7.17. The van der Waals surface area contributed by atoms with Gasteiger partial charge in [-0.3, -0.25) is 20.2 Å². The van der Waals surface area contributed by atoms with Crippen LogP contribution in [0.25, 0.3) is 0 Å². The van der Waals surface area contributed by atoms with Crippen LogP contribution in [-0.4, -0.2) is 61.3 Å². The van der Waals surface area contributed by atoms with Crippen LogP contribution in [0.4, 0.5) is 11.4 Å². The van der Waals surface area contributed by atoms with Gasteiger partial charge in [0.1, 0.15) is 18.4 Å². The lowest BCUT2D eigenvalue weighted by atomic mass is 10.1. The zero-order valence-electron chi connectivity index (χ0n) is 19.8. The van der Waals surface area contributed by atoms with Crippen molar-refractivity contribution in [3.8, 4) is 17.2 Å². The van der Waals surface area contributed by atoms with Gasteiger partial charge >= 0.3 is 5.91 Å². The van der Waals surface area contributed by atoms with E-state index in [0.717, 1.165) is 6.34 Å². The minimum atomic E-state index is -1.96. The average Bonchev–Trinajstić information content (AvgIpc) is 3.40. The third-order valence-corrected chi connectivity index (χ3v) is 5.40. The molecule has 4 rings (SSSR count). The quantitative estimate of drug-likeness (QED) is 0.248. The van der Waals surface area contributed by atoms with Crippen molar-refractivity contribution in [3.05, 3.63) is 61.7 Å². The number of nitro groups is 2. The Morgan fingerprint density at radius 1 is 0.811 bits per heavy atom. The number of hydrogen-bond donors (Lipinski definition) is 0. The Morgan fingerprint density at radius 2 is 1.46 bits per heavy atom. The van der Waals surface area contributed by atoms with Gasteiger partial charge in [0, 0.05) is 0 Å². The van der Waals surface area contributed by atoms with Gasteiger partial charge in [0.15, 0.2) is 23.0 Å². The second-order valence-electron chi connectivity index (χ2n) is 7.42. The fraction of sp³-hybridized carbons (Fsp3) is 0.273. The van der Waals surface area contributed by atoms with E-state index in [1.165, 1.54) is 51.9 Å². The van der Waals surface area contributed by atoms with E-state index in [4.69, 9.17) is 23.7 Å². The maximum atomic E-state index is 11.7. The Hall–Kier alpha value is -4.76. The van der Waals surface area contributed by atoms with Crippen LogP contribution in [0.2, 0.25) is 0 Å². The van der Waals surface area contributed by atoms with Crippen molar-refractivity contribution in [2.24, 2.45) is 20.0 Å². The highest BCUT2D eigenvalue weighted by atomic mass is 16.7. The standard InChI is InChI=1S/C22H20N6O9/c1-33-15-5-4-13(16(7-15)27(29)30)9-36-22(20-21(24-11-23-20)25-12-26-22)37-10-14-6-18(34-2)19(35-3)8-17(14)28(31)32/h4-8,11-12H,9-10H2,1-3H3. The molecule has 2 aromatic rings. The Balaban J connectivity index is 1.68. The maximum Gasteiger partial charge on any atom is 0.321 e. The second-order valence-corrected chi connectivity index (χ2v) is 7.42. The fourth-order valence-corrected chi connectivity index (χ4v) is 3.56. The van der Waals surface area contributed by atoms with Crippen LogP contribution in [0.15, 0.2) is 50.3 Å². The van der Waals surface area contributed by atoms with E-state index in [2.05, 4.69) is 20.0 Å². The van der Waals surface area contributed by atoms with Crippen LogP contribution in [-0.2, 0) is 22.7 Å². The Morgan fingerprint density at radius 3 is 2.11 bits per heavy atom. The number of benzene rings is 2. The first-order valence-corrected chi connectivity index (χ1v) is 10.5. The highest BCUT2D eigenvalue weighted by Gasteiger charge is 2.45. The van der Waals surface area contributed by atoms with E-state index in [1.54, 1.807) is 6.07 Å². The molecule has 192 valence electrons. The first kappa shape index (κ1) is 25.3. The predicted molar refractivity (Wildman–Crippen MR) is 130 cm³/mol. The molecule has 0 spiro atoms. The predicted octanol–water partition coefficient (Wildman–Crippen LogP) is 2.84. The largest absolute Gasteiger partial charge is 0.497 e. The number of fused-ring (bicyclic) bond motifs is 1.